The topological polar surface area (TPSA) is 75.4 Å². The number of nitrogens with two attached hydrogens (primary N) is 1. The van der Waals surface area contributed by atoms with Gasteiger partial charge in [0.2, 0.25) is 11.8 Å². The molecule has 2 aliphatic heterocycles. The van der Waals surface area contributed by atoms with E-state index in [0.29, 0.717) is 32.5 Å². The van der Waals surface area contributed by atoms with Crippen LogP contribution >= 0.6 is 0 Å². The maximum atomic E-state index is 12.6. The van der Waals surface area contributed by atoms with E-state index < -0.39 is 5.41 Å². The highest BCUT2D eigenvalue weighted by Crippen LogP contribution is 2.30. The second-order valence-corrected chi connectivity index (χ2v) is 6.34. The lowest BCUT2D eigenvalue weighted by atomic mass is 9.89. The van der Waals surface area contributed by atoms with Gasteiger partial charge in [0, 0.05) is 19.6 Å². The molecule has 2 amide bonds. The highest BCUT2D eigenvalue weighted by Gasteiger charge is 2.42. The summed E-state index contributed by atoms with van der Waals surface area (Å²) in [5.41, 5.74) is 7.35. The van der Waals surface area contributed by atoms with Crippen molar-refractivity contribution in [2.24, 2.45) is 11.1 Å². The number of nitrogens with zero attached hydrogens (tertiary/aromatic N) is 1. The van der Waals surface area contributed by atoms with E-state index in [1.165, 1.54) is 11.1 Å². The first-order chi connectivity index (χ1) is 9.99. The van der Waals surface area contributed by atoms with Gasteiger partial charge in [-0.1, -0.05) is 24.3 Å². The van der Waals surface area contributed by atoms with Crippen LogP contribution in [0.3, 0.4) is 0 Å². The lowest BCUT2D eigenvalue weighted by Crippen LogP contribution is -2.49. The number of carbonyl (C=O) groups excluding carboxylic acids is 2. The number of benzene rings is 1. The van der Waals surface area contributed by atoms with Gasteiger partial charge in [-0.3, -0.25) is 9.59 Å². The fraction of sp³-hybridized carbons (Fsp3) is 0.500. The van der Waals surface area contributed by atoms with Crippen LogP contribution in [-0.4, -0.2) is 35.8 Å². The molecule has 0 saturated carbocycles. The third-order valence-corrected chi connectivity index (χ3v) is 4.76. The fourth-order valence-electron chi connectivity index (χ4n) is 3.20. The Bertz CT molecular complexity index is 587. The van der Waals surface area contributed by atoms with Crippen LogP contribution in [0.5, 0.6) is 0 Å². The number of nitrogens with one attached hydrogen (secondary N) is 1. The zero-order valence-corrected chi connectivity index (χ0v) is 12.3. The number of rotatable bonds is 2. The summed E-state index contributed by atoms with van der Waals surface area (Å²) in [4.78, 5) is 25.9. The lowest BCUT2D eigenvalue weighted by molar-refractivity contribution is -0.133. The minimum absolute atomic E-state index is 0.0782. The monoisotopic (exact) mass is 287 g/mol. The standard InChI is InChI=1S/C16H21N3O2/c1-16(15(17)21)6-7-19(10-16)14(20)13-8-11-4-2-3-5-12(11)9-18-13/h2-5,13,18H,6-10H2,1H3,(H2,17,21)/t13-,16?/m0/s1. The Kier molecular flexibility index (Phi) is 3.45. The molecular weight excluding hydrogens is 266 g/mol. The maximum absolute atomic E-state index is 12.6. The van der Waals surface area contributed by atoms with Gasteiger partial charge < -0.3 is 16.0 Å². The van der Waals surface area contributed by atoms with E-state index in [-0.39, 0.29) is 17.9 Å². The van der Waals surface area contributed by atoms with Crippen molar-refractivity contribution >= 4 is 11.8 Å². The van der Waals surface area contributed by atoms with Crippen LogP contribution < -0.4 is 11.1 Å². The molecule has 1 fully saturated rings. The summed E-state index contributed by atoms with van der Waals surface area (Å²) >= 11 is 0. The van der Waals surface area contributed by atoms with Crippen LogP contribution in [0.25, 0.3) is 0 Å². The predicted molar refractivity (Wildman–Crippen MR) is 79.3 cm³/mol. The molecule has 0 spiro atoms. The average molecular weight is 287 g/mol. The van der Waals surface area contributed by atoms with E-state index in [2.05, 4.69) is 17.4 Å². The maximum Gasteiger partial charge on any atom is 0.240 e. The Labute approximate surface area is 124 Å². The van der Waals surface area contributed by atoms with E-state index >= 15 is 0 Å². The highest BCUT2D eigenvalue weighted by atomic mass is 16.2. The van der Waals surface area contributed by atoms with Crippen molar-refractivity contribution in [1.29, 1.82) is 0 Å². The summed E-state index contributed by atoms with van der Waals surface area (Å²) in [6.45, 7) is 3.60. The van der Waals surface area contributed by atoms with E-state index in [1.807, 2.05) is 19.1 Å². The first kappa shape index (κ1) is 14.1. The van der Waals surface area contributed by atoms with Crippen molar-refractivity contribution in [3.05, 3.63) is 35.4 Å². The molecule has 2 heterocycles. The van der Waals surface area contributed by atoms with Crippen LogP contribution in [0.4, 0.5) is 0 Å². The number of hydrogen-bond donors (Lipinski definition) is 2. The van der Waals surface area contributed by atoms with Gasteiger partial charge in [-0.2, -0.15) is 0 Å². The van der Waals surface area contributed by atoms with E-state index in [4.69, 9.17) is 5.73 Å². The number of fused-ring (bicyclic) bond motifs is 1. The van der Waals surface area contributed by atoms with Gasteiger partial charge in [0.25, 0.3) is 0 Å². The Balaban J connectivity index is 1.69. The largest absolute Gasteiger partial charge is 0.369 e. The average Bonchev–Trinajstić information content (AvgIpc) is 2.90. The first-order valence-electron chi connectivity index (χ1n) is 7.38. The molecule has 1 aromatic rings. The summed E-state index contributed by atoms with van der Waals surface area (Å²) in [6, 6.07) is 7.99. The molecule has 5 heteroatoms. The predicted octanol–water partition coefficient (Wildman–Crippen LogP) is 0.425. The van der Waals surface area contributed by atoms with Gasteiger partial charge in [-0.25, -0.2) is 0 Å². The van der Waals surface area contributed by atoms with Crippen LogP contribution in [0.15, 0.2) is 24.3 Å². The normalized spacial score (nSPS) is 28.2. The third kappa shape index (κ3) is 2.53. The van der Waals surface area contributed by atoms with Crippen molar-refractivity contribution < 1.29 is 9.59 Å². The molecule has 5 nitrogen and oxygen atoms in total. The Morgan fingerprint density at radius 3 is 2.71 bits per heavy atom. The lowest BCUT2D eigenvalue weighted by Gasteiger charge is -2.29. The Hall–Kier alpha value is -1.88. The van der Waals surface area contributed by atoms with Gasteiger partial charge >= 0.3 is 0 Å². The van der Waals surface area contributed by atoms with Gasteiger partial charge in [0.1, 0.15) is 0 Å². The van der Waals surface area contributed by atoms with Crippen LogP contribution in [0.2, 0.25) is 0 Å². The molecule has 112 valence electrons. The van der Waals surface area contributed by atoms with Crippen LogP contribution in [0.1, 0.15) is 24.5 Å². The number of hydrogen-bond acceptors (Lipinski definition) is 3. The van der Waals surface area contributed by atoms with Crippen molar-refractivity contribution in [2.75, 3.05) is 13.1 Å². The molecule has 21 heavy (non-hydrogen) atoms. The second-order valence-electron chi connectivity index (χ2n) is 6.34. The summed E-state index contributed by atoms with van der Waals surface area (Å²) in [6.07, 6.45) is 1.36. The van der Waals surface area contributed by atoms with Crippen LogP contribution in [0, 0.1) is 5.41 Å². The molecule has 3 N–H and O–H groups in total. The molecular formula is C16H21N3O2. The van der Waals surface area contributed by atoms with Gasteiger partial charge in [-0.15, -0.1) is 0 Å². The summed E-state index contributed by atoms with van der Waals surface area (Å²) < 4.78 is 0. The fourth-order valence-corrected chi connectivity index (χ4v) is 3.20. The number of primary amides is 1. The Morgan fingerprint density at radius 2 is 2.05 bits per heavy atom. The smallest absolute Gasteiger partial charge is 0.240 e. The molecule has 1 aromatic carbocycles. The van der Waals surface area contributed by atoms with E-state index in [1.54, 1.807) is 4.90 Å². The summed E-state index contributed by atoms with van der Waals surface area (Å²) in [7, 11) is 0. The van der Waals surface area contributed by atoms with Gasteiger partial charge in [-0.05, 0) is 30.9 Å². The van der Waals surface area contributed by atoms with Gasteiger partial charge in [0.05, 0.1) is 11.5 Å². The molecule has 0 aromatic heterocycles. The number of amides is 2. The molecule has 2 aliphatic rings. The minimum Gasteiger partial charge on any atom is -0.369 e. The summed E-state index contributed by atoms with van der Waals surface area (Å²) in [5.74, 6) is -0.241. The molecule has 0 bridgehead atoms. The number of carbonyl (C=O) groups is 2. The molecule has 1 saturated heterocycles. The first-order valence-corrected chi connectivity index (χ1v) is 7.38. The molecule has 0 radical (unpaired) electrons. The summed E-state index contributed by atoms with van der Waals surface area (Å²) in [5, 5.41) is 3.30. The number of likely N-dealkylation sites (tertiary alicyclic amines) is 1. The minimum atomic E-state index is -0.581. The van der Waals surface area contributed by atoms with Crippen molar-refractivity contribution in [3.63, 3.8) is 0 Å². The van der Waals surface area contributed by atoms with Crippen molar-refractivity contribution in [1.82, 2.24) is 10.2 Å². The van der Waals surface area contributed by atoms with E-state index in [0.717, 1.165) is 0 Å². The molecule has 0 aliphatic carbocycles. The van der Waals surface area contributed by atoms with Crippen LogP contribution in [-0.2, 0) is 22.6 Å². The zero-order chi connectivity index (χ0) is 15.0. The second kappa shape index (κ2) is 5.15. The molecule has 2 atom stereocenters. The van der Waals surface area contributed by atoms with E-state index in [9.17, 15) is 9.59 Å². The van der Waals surface area contributed by atoms with Crippen molar-refractivity contribution in [3.8, 4) is 0 Å². The quantitative estimate of drug-likeness (QED) is 0.828. The Morgan fingerprint density at radius 1 is 1.33 bits per heavy atom. The molecule has 1 unspecified atom stereocenters. The zero-order valence-electron chi connectivity index (χ0n) is 12.3. The highest BCUT2D eigenvalue weighted by molar-refractivity contribution is 5.86. The third-order valence-electron chi connectivity index (χ3n) is 4.76. The SMILES string of the molecule is CC1(C(N)=O)CCN(C(=O)[C@@H]2Cc3ccccc3CN2)C1. The van der Waals surface area contributed by atoms with Crippen molar-refractivity contribution in [2.45, 2.75) is 32.4 Å². The van der Waals surface area contributed by atoms with Gasteiger partial charge in [0.15, 0.2) is 0 Å². The molecule has 3 rings (SSSR count).